The number of rotatable bonds is 2. The summed E-state index contributed by atoms with van der Waals surface area (Å²) in [7, 11) is 0. The summed E-state index contributed by atoms with van der Waals surface area (Å²) in [6.07, 6.45) is 0. The topological polar surface area (TPSA) is 49.6 Å². The number of hydrogen-bond acceptors (Lipinski definition) is 5. The standard InChI is InChI=1S/C18H18FN3O2S/c1-11-9-14(12(2)24-11)17(23)21-5-7-22(8-6-21)18-20-15-4-3-13(19)10-16(15)25-18/h3-4,9-10H,5-8H2,1-2H3. The molecule has 1 amide bonds. The van der Waals surface area contributed by atoms with Crippen LogP contribution in [-0.2, 0) is 0 Å². The third-order valence-electron chi connectivity index (χ3n) is 4.45. The molecule has 4 rings (SSSR count). The highest BCUT2D eigenvalue weighted by molar-refractivity contribution is 7.22. The Bertz CT molecular complexity index is 941. The predicted octanol–water partition coefficient (Wildman–Crippen LogP) is 3.61. The second-order valence-electron chi connectivity index (χ2n) is 6.21. The van der Waals surface area contributed by atoms with Crippen molar-refractivity contribution in [3.8, 4) is 0 Å². The van der Waals surface area contributed by atoms with E-state index in [1.807, 2.05) is 18.7 Å². The van der Waals surface area contributed by atoms with E-state index in [2.05, 4.69) is 9.88 Å². The van der Waals surface area contributed by atoms with Crippen LogP contribution in [0.4, 0.5) is 9.52 Å². The van der Waals surface area contributed by atoms with Crippen LogP contribution in [0.25, 0.3) is 10.2 Å². The lowest BCUT2D eigenvalue weighted by Gasteiger charge is -2.34. The maximum Gasteiger partial charge on any atom is 0.257 e. The van der Waals surface area contributed by atoms with Crippen LogP contribution in [0, 0.1) is 19.7 Å². The first-order valence-corrected chi connectivity index (χ1v) is 9.00. The smallest absolute Gasteiger partial charge is 0.257 e. The van der Waals surface area contributed by atoms with Crippen LogP contribution in [0.15, 0.2) is 28.7 Å². The first kappa shape index (κ1) is 16.1. The maximum atomic E-state index is 13.3. The van der Waals surface area contributed by atoms with Gasteiger partial charge >= 0.3 is 0 Å². The van der Waals surface area contributed by atoms with Crippen LogP contribution >= 0.6 is 11.3 Å². The average Bonchev–Trinajstić information content (AvgIpc) is 3.16. The van der Waals surface area contributed by atoms with E-state index < -0.39 is 0 Å². The predicted molar refractivity (Wildman–Crippen MR) is 95.9 cm³/mol. The molecule has 0 N–H and O–H groups in total. The first-order chi connectivity index (χ1) is 12.0. The first-order valence-electron chi connectivity index (χ1n) is 8.18. The Balaban J connectivity index is 1.47. The lowest BCUT2D eigenvalue weighted by atomic mass is 10.2. The zero-order chi connectivity index (χ0) is 17.6. The van der Waals surface area contributed by atoms with Gasteiger partial charge in [-0.05, 0) is 38.1 Å². The maximum absolute atomic E-state index is 13.3. The summed E-state index contributed by atoms with van der Waals surface area (Å²) in [6, 6.07) is 6.44. The van der Waals surface area contributed by atoms with E-state index in [9.17, 15) is 9.18 Å². The Hall–Kier alpha value is -2.41. The van der Waals surface area contributed by atoms with E-state index in [1.54, 1.807) is 12.1 Å². The molecule has 0 atom stereocenters. The van der Waals surface area contributed by atoms with Crippen LogP contribution in [0.1, 0.15) is 21.9 Å². The highest BCUT2D eigenvalue weighted by atomic mass is 32.1. The minimum Gasteiger partial charge on any atom is -0.466 e. The molecule has 130 valence electrons. The zero-order valence-corrected chi connectivity index (χ0v) is 14.9. The molecule has 0 aliphatic carbocycles. The quantitative estimate of drug-likeness (QED) is 0.701. The fourth-order valence-corrected chi connectivity index (χ4v) is 4.18. The van der Waals surface area contributed by atoms with E-state index in [4.69, 9.17) is 4.42 Å². The molecule has 1 aromatic carbocycles. The lowest BCUT2D eigenvalue weighted by molar-refractivity contribution is 0.0745. The summed E-state index contributed by atoms with van der Waals surface area (Å²) in [6.45, 7) is 6.35. The summed E-state index contributed by atoms with van der Waals surface area (Å²) >= 11 is 1.49. The summed E-state index contributed by atoms with van der Waals surface area (Å²) < 4.78 is 19.6. The number of aromatic nitrogens is 1. The van der Waals surface area contributed by atoms with E-state index in [1.165, 1.54) is 23.5 Å². The number of benzene rings is 1. The third-order valence-corrected chi connectivity index (χ3v) is 5.53. The Morgan fingerprint density at radius 2 is 1.96 bits per heavy atom. The number of carbonyl (C=O) groups is 1. The molecule has 1 saturated heterocycles. The fraction of sp³-hybridized carbons (Fsp3) is 0.333. The molecule has 5 nitrogen and oxygen atoms in total. The molecule has 2 aromatic heterocycles. The molecule has 0 unspecified atom stereocenters. The molecular weight excluding hydrogens is 341 g/mol. The summed E-state index contributed by atoms with van der Waals surface area (Å²) in [5, 5.41) is 0.878. The van der Waals surface area contributed by atoms with Gasteiger partial charge in [0.05, 0.1) is 15.8 Å². The number of furan rings is 1. The van der Waals surface area contributed by atoms with Crippen LogP contribution in [0.2, 0.25) is 0 Å². The number of halogens is 1. The SMILES string of the molecule is Cc1cc(C(=O)N2CCN(c3nc4ccc(F)cc4s3)CC2)c(C)o1. The zero-order valence-electron chi connectivity index (χ0n) is 14.1. The Labute approximate surface area is 148 Å². The molecule has 0 saturated carbocycles. The summed E-state index contributed by atoms with van der Waals surface area (Å²) in [5.41, 5.74) is 1.45. The van der Waals surface area contributed by atoms with E-state index in [-0.39, 0.29) is 11.7 Å². The number of carbonyl (C=O) groups excluding carboxylic acids is 1. The monoisotopic (exact) mass is 359 g/mol. The number of fused-ring (bicyclic) bond motifs is 1. The molecule has 7 heteroatoms. The van der Waals surface area contributed by atoms with Gasteiger partial charge in [-0.3, -0.25) is 4.79 Å². The van der Waals surface area contributed by atoms with Gasteiger partial charge in [-0.25, -0.2) is 9.37 Å². The molecular formula is C18H18FN3O2S. The van der Waals surface area contributed by atoms with Crippen molar-refractivity contribution in [2.24, 2.45) is 0 Å². The van der Waals surface area contributed by atoms with Gasteiger partial charge in [0.15, 0.2) is 5.13 Å². The van der Waals surface area contributed by atoms with Crippen molar-refractivity contribution in [3.05, 3.63) is 47.2 Å². The van der Waals surface area contributed by atoms with E-state index >= 15 is 0 Å². The van der Waals surface area contributed by atoms with E-state index in [0.29, 0.717) is 37.5 Å². The Kier molecular flexibility index (Phi) is 3.95. The Morgan fingerprint density at radius 3 is 2.64 bits per heavy atom. The number of hydrogen-bond donors (Lipinski definition) is 0. The van der Waals surface area contributed by atoms with Crippen molar-refractivity contribution in [1.29, 1.82) is 0 Å². The molecule has 0 bridgehead atoms. The Morgan fingerprint density at radius 1 is 1.20 bits per heavy atom. The summed E-state index contributed by atoms with van der Waals surface area (Å²) in [5.74, 6) is 1.18. The molecule has 3 aromatic rings. The number of aryl methyl sites for hydroxylation is 2. The van der Waals surface area contributed by atoms with E-state index in [0.717, 1.165) is 21.1 Å². The molecule has 1 fully saturated rings. The molecule has 1 aliphatic rings. The third kappa shape index (κ3) is 3.00. The van der Waals surface area contributed by atoms with Crippen molar-refractivity contribution in [3.63, 3.8) is 0 Å². The molecule has 0 spiro atoms. The second-order valence-corrected chi connectivity index (χ2v) is 7.22. The number of thiazole rings is 1. The average molecular weight is 359 g/mol. The van der Waals surface area contributed by atoms with Crippen molar-refractivity contribution in [2.45, 2.75) is 13.8 Å². The summed E-state index contributed by atoms with van der Waals surface area (Å²) in [4.78, 5) is 21.2. The van der Waals surface area contributed by atoms with Crippen molar-refractivity contribution in [2.75, 3.05) is 31.1 Å². The number of piperazine rings is 1. The molecule has 25 heavy (non-hydrogen) atoms. The number of nitrogens with zero attached hydrogens (tertiary/aromatic N) is 3. The van der Waals surface area contributed by atoms with Gasteiger partial charge in [-0.15, -0.1) is 0 Å². The van der Waals surface area contributed by atoms with Crippen LogP contribution in [-0.4, -0.2) is 42.0 Å². The highest BCUT2D eigenvalue weighted by Gasteiger charge is 2.26. The van der Waals surface area contributed by atoms with Crippen LogP contribution in [0.3, 0.4) is 0 Å². The van der Waals surface area contributed by atoms with Crippen LogP contribution in [0.5, 0.6) is 0 Å². The molecule has 0 radical (unpaired) electrons. The second kappa shape index (κ2) is 6.15. The molecule has 3 heterocycles. The van der Waals surface area contributed by atoms with Crippen molar-refractivity contribution < 1.29 is 13.6 Å². The largest absolute Gasteiger partial charge is 0.466 e. The van der Waals surface area contributed by atoms with Gasteiger partial charge in [0.1, 0.15) is 17.3 Å². The van der Waals surface area contributed by atoms with Gasteiger partial charge in [0, 0.05) is 26.2 Å². The van der Waals surface area contributed by atoms with Gasteiger partial charge < -0.3 is 14.2 Å². The lowest BCUT2D eigenvalue weighted by Crippen LogP contribution is -2.48. The van der Waals surface area contributed by atoms with Gasteiger partial charge in [0.2, 0.25) is 0 Å². The normalized spacial score (nSPS) is 15.2. The minimum absolute atomic E-state index is 0.0142. The van der Waals surface area contributed by atoms with Crippen molar-refractivity contribution in [1.82, 2.24) is 9.88 Å². The van der Waals surface area contributed by atoms with Crippen LogP contribution < -0.4 is 4.90 Å². The van der Waals surface area contributed by atoms with Gasteiger partial charge in [0.25, 0.3) is 5.91 Å². The highest BCUT2D eigenvalue weighted by Crippen LogP contribution is 2.30. The fourth-order valence-electron chi connectivity index (χ4n) is 3.14. The molecule has 1 aliphatic heterocycles. The van der Waals surface area contributed by atoms with Gasteiger partial charge in [-0.1, -0.05) is 11.3 Å². The number of anilines is 1. The van der Waals surface area contributed by atoms with Gasteiger partial charge in [-0.2, -0.15) is 0 Å². The number of amides is 1. The minimum atomic E-state index is -0.246. The van der Waals surface area contributed by atoms with Crippen molar-refractivity contribution >= 4 is 32.6 Å².